The fourth-order valence-electron chi connectivity index (χ4n) is 4.15. The molecule has 1 aromatic carbocycles. The van der Waals surface area contributed by atoms with E-state index >= 15 is 0 Å². The van der Waals surface area contributed by atoms with Crippen molar-refractivity contribution in [3.05, 3.63) is 63.2 Å². The Morgan fingerprint density at radius 3 is 2.03 bits per heavy atom. The van der Waals surface area contributed by atoms with Crippen LogP contribution >= 0.6 is 0 Å². The van der Waals surface area contributed by atoms with Gasteiger partial charge in [0.2, 0.25) is 0 Å². The highest BCUT2D eigenvalue weighted by molar-refractivity contribution is 6.00. The predicted molar refractivity (Wildman–Crippen MR) is 137 cm³/mol. The first kappa shape index (κ1) is 28.7. The number of allylic oxidation sites excluding steroid dienone is 3. The van der Waals surface area contributed by atoms with Crippen molar-refractivity contribution in [2.75, 3.05) is 6.61 Å². The molecule has 0 fully saturated rings. The van der Waals surface area contributed by atoms with Crippen molar-refractivity contribution < 1.29 is 39.9 Å². The van der Waals surface area contributed by atoms with Gasteiger partial charge < -0.3 is 30.3 Å². The number of phenolic OH excluding ortho intramolecular Hbond substituents is 2. The third-order valence-electron chi connectivity index (χ3n) is 6.30. The minimum Gasteiger partial charge on any atom is -0.511 e. The first-order chi connectivity index (χ1) is 16.6. The van der Waals surface area contributed by atoms with Crippen LogP contribution in [0.4, 0.5) is 0 Å². The van der Waals surface area contributed by atoms with Crippen LogP contribution in [-0.4, -0.2) is 49.8 Å². The summed E-state index contributed by atoms with van der Waals surface area (Å²) in [4.78, 5) is 24.6. The molecule has 1 aromatic rings. The number of hydrogen-bond donors (Lipinski definition) is 5. The topological polar surface area (TPSA) is 145 Å². The SMILES string of the molecule is CC(=O)C1=C(O)C(C)(CC=C(C)C)C(O)=C(Cc2c(OCC=C(C)C)cc(O)c(C(C)=O)c2O)C1O. The van der Waals surface area contributed by atoms with Gasteiger partial charge in [-0.05, 0) is 61.0 Å². The molecule has 2 rings (SSSR count). The molecule has 0 bridgehead atoms. The maximum Gasteiger partial charge on any atom is 0.167 e. The van der Waals surface area contributed by atoms with E-state index in [1.54, 1.807) is 19.1 Å². The van der Waals surface area contributed by atoms with Crippen molar-refractivity contribution in [3.63, 3.8) is 0 Å². The van der Waals surface area contributed by atoms with Crippen LogP contribution in [0.2, 0.25) is 0 Å². The van der Waals surface area contributed by atoms with Gasteiger partial charge in [-0.3, -0.25) is 9.59 Å². The summed E-state index contributed by atoms with van der Waals surface area (Å²) >= 11 is 0. The lowest BCUT2D eigenvalue weighted by Gasteiger charge is -2.37. The zero-order chi connectivity index (χ0) is 27.5. The number of benzene rings is 1. The maximum atomic E-state index is 12.4. The number of Topliss-reactive ketones (excluding diaryl/α,β-unsaturated/α-hetero) is 2. The summed E-state index contributed by atoms with van der Waals surface area (Å²) in [6.45, 7) is 11.5. The minimum atomic E-state index is -1.66. The summed E-state index contributed by atoms with van der Waals surface area (Å²) in [6.07, 6.45) is 1.72. The molecule has 1 aliphatic carbocycles. The zero-order valence-electron chi connectivity index (χ0n) is 21.9. The van der Waals surface area contributed by atoms with E-state index in [0.717, 1.165) is 11.1 Å². The summed E-state index contributed by atoms with van der Waals surface area (Å²) in [5, 5.41) is 54.6. The van der Waals surface area contributed by atoms with Crippen molar-refractivity contribution >= 4 is 11.6 Å². The highest BCUT2D eigenvalue weighted by Gasteiger charge is 2.45. The lowest BCUT2D eigenvalue weighted by atomic mass is 9.71. The Morgan fingerprint density at radius 1 is 0.944 bits per heavy atom. The highest BCUT2D eigenvalue weighted by atomic mass is 16.5. The predicted octanol–water partition coefficient (Wildman–Crippen LogP) is 5.14. The van der Waals surface area contributed by atoms with E-state index in [-0.39, 0.29) is 53.2 Å². The largest absolute Gasteiger partial charge is 0.511 e. The Hall–Kier alpha value is -3.52. The number of rotatable bonds is 9. The van der Waals surface area contributed by atoms with Crippen LogP contribution in [-0.2, 0) is 11.2 Å². The Balaban J connectivity index is 2.78. The molecule has 196 valence electrons. The molecule has 0 spiro atoms. The highest BCUT2D eigenvalue weighted by Crippen LogP contribution is 2.48. The van der Waals surface area contributed by atoms with Gasteiger partial charge in [-0.25, -0.2) is 0 Å². The Kier molecular flexibility index (Phi) is 8.80. The molecule has 0 saturated carbocycles. The number of aliphatic hydroxyl groups excluding tert-OH is 3. The second-order valence-corrected chi connectivity index (χ2v) is 9.83. The van der Waals surface area contributed by atoms with Gasteiger partial charge in [-0.1, -0.05) is 17.2 Å². The van der Waals surface area contributed by atoms with Gasteiger partial charge in [-0.15, -0.1) is 0 Å². The van der Waals surface area contributed by atoms with E-state index in [2.05, 4.69) is 0 Å². The van der Waals surface area contributed by atoms with Crippen LogP contribution in [0, 0.1) is 5.41 Å². The van der Waals surface area contributed by atoms with Crippen LogP contribution in [0.15, 0.2) is 52.0 Å². The minimum absolute atomic E-state index is 0.0363. The number of ether oxygens (including phenoxy) is 1. The van der Waals surface area contributed by atoms with E-state index in [9.17, 15) is 35.1 Å². The average Bonchev–Trinajstić information content (AvgIpc) is 2.75. The van der Waals surface area contributed by atoms with Gasteiger partial charge in [0.1, 0.15) is 47.0 Å². The number of hydrogen-bond acceptors (Lipinski definition) is 8. The molecule has 8 nitrogen and oxygen atoms in total. The van der Waals surface area contributed by atoms with Crippen molar-refractivity contribution in [2.24, 2.45) is 5.41 Å². The van der Waals surface area contributed by atoms with Crippen LogP contribution in [0.1, 0.15) is 70.8 Å². The molecule has 2 unspecified atom stereocenters. The van der Waals surface area contributed by atoms with E-state index < -0.39 is 40.3 Å². The van der Waals surface area contributed by atoms with E-state index in [1.165, 1.54) is 19.9 Å². The van der Waals surface area contributed by atoms with E-state index in [4.69, 9.17) is 4.74 Å². The molecule has 2 atom stereocenters. The molecular formula is C28H36O8. The summed E-state index contributed by atoms with van der Waals surface area (Å²) < 4.78 is 5.75. The quantitative estimate of drug-likeness (QED) is 0.232. The van der Waals surface area contributed by atoms with Gasteiger partial charge in [0.15, 0.2) is 11.6 Å². The third-order valence-corrected chi connectivity index (χ3v) is 6.30. The number of phenols is 2. The van der Waals surface area contributed by atoms with Crippen LogP contribution < -0.4 is 4.74 Å². The van der Waals surface area contributed by atoms with E-state index in [0.29, 0.717) is 0 Å². The average molecular weight is 501 g/mol. The van der Waals surface area contributed by atoms with Crippen molar-refractivity contribution in [2.45, 2.75) is 67.4 Å². The van der Waals surface area contributed by atoms with Crippen molar-refractivity contribution in [1.82, 2.24) is 0 Å². The number of aromatic hydroxyl groups is 2. The van der Waals surface area contributed by atoms with Gasteiger partial charge in [0, 0.05) is 23.6 Å². The molecule has 8 heteroatoms. The smallest absolute Gasteiger partial charge is 0.167 e. The number of ketones is 2. The first-order valence-electron chi connectivity index (χ1n) is 11.7. The third kappa shape index (κ3) is 5.65. The van der Waals surface area contributed by atoms with Gasteiger partial charge in [0.05, 0.1) is 11.0 Å². The Morgan fingerprint density at radius 2 is 1.53 bits per heavy atom. The molecule has 0 saturated heterocycles. The molecular weight excluding hydrogens is 464 g/mol. The molecule has 0 radical (unpaired) electrons. The maximum absolute atomic E-state index is 12.4. The fourth-order valence-corrected chi connectivity index (χ4v) is 4.15. The Labute approximate surface area is 211 Å². The number of carbonyl (C=O) groups excluding carboxylic acids is 2. The van der Waals surface area contributed by atoms with Crippen molar-refractivity contribution in [3.8, 4) is 17.2 Å². The molecule has 0 aromatic heterocycles. The van der Waals surface area contributed by atoms with Crippen LogP contribution in [0.5, 0.6) is 17.2 Å². The number of aliphatic hydroxyl groups is 3. The van der Waals surface area contributed by atoms with Crippen molar-refractivity contribution in [1.29, 1.82) is 0 Å². The van der Waals surface area contributed by atoms with E-state index in [1.807, 2.05) is 27.7 Å². The second-order valence-electron chi connectivity index (χ2n) is 9.83. The monoisotopic (exact) mass is 500 g/mol. The normalized spacial score (nSPS) is 19.7. The molecule has 5 N–H and O–H groups in total. The lowest BCUT2D eigenvalue weighted by Crippen LogP contribution is -2.37. The standard InChI is InChI=1S/C28H36O8/c1-14(2)8-10-28(7)26(34)19(25(33)23(17(6)30)27(28)35)12-18-21(36-11-9-15(3)4)13-20(31)22(16(5)29)24(18)32/h8-9,13,25,31-35H,10-12H2,1-7H3. The molecule has 0 amide bonds. The molecule has 0 heterocycles. The summed E-state index contributed by atoms with van der Waals surface area (Å²) in [5.41, 5.74) is -0.112. The second kappa shape index (κ2) is 11.0. The lowest BCUT2D eigenvalue weighted by molar-refractivity contribution is -0.114. The Bertz CT molecular complexity index is 1190. The summed E-state index contributed by atoms with van der Waals surface area (Å²) in [5.74, 6) is -2.96. The molecule has 36 heavy (non-hydrogen) atoms. The fraction of sp³-hybridized carbons (Fsp3) is 0.429. The molecule has 1 aliphatic rings. The van der Waals surface area contributed by atoms with Gasteiger partial charge in [-0.2, -0.15) is 0 Å². The van der Waals surface area contributed by atoms with Crippen LogP contribution in [0.3, 0.4) is 0 Å². The summed E-state index contributed by atoms with van der Waals surface area (Å²) in [6, 6.07) is 1.19. The van der Waals surface area contributed by atoms with Gasteiger partial charge >= 0.3 is 0 Å². The zero-order valence-corrected chi connectivity index (χ0v) is 21.9. The van der Waals surface area contributed by atoms with Crippen LogP contribution in [0.25, 0.3) is 0 Å². The first-order valence-corrected chi connectivity index (χ1v) is 11.7. The molecule has 0 aliphatic heterocycles. The van der Waals surface area contributed by atoms with Gasteiger partial charge in [0.25, 0.3) is 0 Å². The number of carbonyl (C=O) groups is 2. The summed E-state index contributed by atoms with van der Waals surface area (Å²) in [7, 11) is 0.